The highest BCUT2D eigenvalue weighted by molar-refractivity contribution is 9.11. The number of hydrogen-bond acceptors (Lipinski definition) is 3. The van der Waals surface area contributed by atoms with Crippen LogP contribution in [0.15, 0.2) is 21.1 Å². The minimum Gasteiger partial charge on any atom is -0.489 e. The smallest absolute Gasteiger partial charge is 0.147 e. The number of benzene rings is 1. The van der Waals surface area contributed by atoms with Gasteiger partial charge in [0.2, 0.25) is 0 Å². The summed E-state index contributed by atoms with van der Waals surface area (Å²) < 4.78 is 18.0. The van der Waals surface area contributed by atoms with E-state index in [1.54, 1.807) is 7.11 Å². The summed E-state index contributed by atoms with van der Waals surface area (Å²) >= 11 is 10.4. The van der Waals surface area contributed by atoms with Gasteiger partial charge in [0, 0.05) is 25.7 Å². The van der Waals surface area contributed by atoms with Crippen LogP contribution >= 0.6 is 47.8 Å². The van der Waals surface area contributed by atoms with Crippen molar-refractivity contribution in [2.75, 3.05) is 33.5 Å². The first-order valence-corrected chi connectivity index (χ1v) is 8.63. The van der Waals surface area contributed by atoms with E-state index in [0.717, 1.165) is 33.1 Å². The van der Waals surface area contributed by atoms with E-state index in [4.69, 9.17) is 14.2 Å². The fourth-order valence-corrected chi connectivity index (χ4v) is 3.27. The molecule has 0 radical (unpaired) electrons. The molecule has 1 rings (SSSR count). The minimum atomic E-state index is 0.526. The highest BCUT2D eigenvalue weighted by Gasteiger charge is 2.08. The fraction of sp³-hybridized carbons (Fsp3) is 0.538. The second kappa shape index (κ2) is 10.2. The van der Waals surface area contributed by atoms with Crippen LogP contribution < -0.4 is 4.74 Å². The highest BCUT2D eigenvalue weighted by Crippen LogP contribution is 2.35. The maximum absolute atomic E-state index is 5.71. The predicted octanol–water partition coefficient (Wildman–Crippen LogP) is 4.54. The van der Waals surface area contributed by atoms with E-state index >= 15 is 0 Å². The zero-order valence-electron chi connectivity index (χ0n) is 10.8. The van der Waals surface area contributed by atoms with E-state index in [-0.39, 0.29) is 0 Å². The summed E-state index contributed by atoms with van der Waals surface area (Å²) in [6.45, 7) is 2.52. The van der Waals surface area contributed by atoms with Crippen LogP contribution in [0.25, 0.3) is 0 Å². The summed E-state index contributed by atoms with van der Waals surface area (Å²) in [6, 6.07) is 4.07. The molecule has 0 bridgehead atoms. The lowest BCUT2D eigenvalue weighted by Gasteiger charge is -2.12. The number of rotatable bonds is 9. The van der Waals surface area contributed by atoms with Gasteiger partial charge in [-0.15, -0.1) is 0 Å². The summed E-state index contributed by atoms with van der Waals surface area (Å²) in [4.78, 5) is 0. The van der Waals surface area contributed by atoms with Crippen LogP contribution in [0.2, 0.25) is 0 Å². The number of methoxy groups -OCH3 is 1. The van der Waals surface area contributed by atoms with Gasteiger partial charge >= 0.3 is 0 Å². The van der Waals surface area contributed by atoms with Gasteiger partial charge in [0.15, 0.2) is 0 Å². The van der Waals surface area contributed by atoms with Crippen molar-refractivity contribution in [3.05, 3.63) is 26.6 Å². The normalized spacial score (nSPS) is 10.7. The third-order valence-corrected chi connectivity index (χ3v) is 4.15. The van der Waals surface area contributed by atoms with Crippen molar-refractivity contribution >= 4 is 47.8 Å². The Hall–Kier alpha value is 0.380. The molecule has 3 nitrogen and oxygen atoms in total. The van der Waals surface area contributed by atoms with Crippen molar-refractivity contribution in [1.29, 1.82) is 0 Å². The Balaban J connectivity index is 2.33. The van der Waals surface area contributed by atoms with Crippen LogP contribution in [0.3, 0.4) is 0 Å². The molecule has 6 heteroatoms. The average molecular weight is 461 g/mol. The number of halogens is 3. The molecule has 0 saturated carbocycles. The summed E-state index contributed by atoms with van der Waals surface area (Å²) in [5, 5.41) is 0.813. The molecule has 0 N–H and O–H groups in total. The molecule has 0 unspecified atom stereocenters. The molecule has 0 spiro atoms. The first-order chi connectivity index (χ1) is 9.19. The molecule has 108 valence electrons. The molecule has 0 atom stereocenters. The standard InChI is InChI=1S/C13H17Br3O3/c1-17-3-2-4-18-5-6-19-13-11(15)7-10(9-14)8-12(13)16/h7-8H,2-6,9H2,1H3. The van der Waals surface area contributed by atoms with Gasteiger partial charge in [-0.2, -0.15) is 0 Å². The third kappa shape index (κ3) is 6.58. The second-order valence-corrected chi connectivity index (χ2v) is 6.10. The molecule has 0 aliphatic heterocycles. The largest absolute Gasteiger partial charge is 0.489 e. The molecule has 0 heterocycles. The zero-order valence-corrected chi connectivity index (χ0v) is 15.5. The highest BCUT2D eigenvalue weighted by atomic mass is 79.9. The van der Waals surface area contributed by atoms with Crippen LogP contribution in [0.5, 0.6) is 5.75 Å². The van der Waals surface area contributed by atoms with Gasteiger partial charge in [0.1, 0.15) is 12.4 Å². The van der Waals surface area contributed by atoms with Crippen molar-refractivity contribution in [3.63, 3.8) is 0 Å². The quantitative estimate of drug-likeness (QED) is 0.400. The molecular weight excluding hydrogens is 444 g/mol. The Bertz CT molecular complexity index is 362. The lowest BCUT2D eigenvalue weighted by Crippen LogP contribution is -2.09. The Morgan fingerprint density at radius 1 is 1.00 bits per heavy atom. The SMILES string of the molecule is COCCCOCCOc1c(Br)cc(CBr)cc1Br. The predicted molar refractivity (Wildman–Crippen MR) is 87.3 cm³/mol. The van der Waals surface area contributed by atoms with Crippen molar-refractivity contribution in [2.24, 2.45) is 0 Å². The lowest BCUT2D eigenvalue weighted by molar-refractivity contribution is 0.0803. The third-order valence-electron chi connectivity index (χ3n) is 2.32. The molecule has 0 saturated heterocycles. The monoisotopic (exact) mass is 458 g/mol. The number of alkyl halides is 1. The zero-order chi connectivity index (χ0) is 14.1. The Kier molecular flexibility index (Phi) is 9.32. The van der Waals surface area contributed by atoms with Crippen molar-refractivity contribution in [2.45, 2.75) is 11.8 Å². The average Bonchev–Trinajstić information content (AvgIpc) is 2.40. The fourth-order valence-electron chi connectivity index (χ4n) is 1.44. The van der Waals surface area contributed by atoms with Crippen LogP contribution in [0.1, 0.15) is 12.0 Å². The van der Waals surface area contributed by atoms with E-state index in [1.165, 1.54) is 5.56 Å². The van der Waals surface area contributed by atoms with E-state index in [0.29, 0.717) is 19.8 Å². The van der Waals surface area contributed by atoms with Gasteiger partial charge < -0.3 is 14.2 Å². The maximum atomic E-state index is 5.71. The minimum absolute atomic E-state index is 0.526. The number of ether oxygens (including phenoxy) is 3. The van der Waals surface area contributed by atoms with E-state index < -0.39 is 0 Å². The summed E-state index contributed by atoms with van der Waals surface area (Å²) in [5.74, 6) is 0.810. The van der Waals surface area contributed by atoms with Gasteiger partial charge in [-0.25, -0.2) is 0 Å². The molecule has 0 aliphatic rings. The Labute approximate surface area is 139 Å². The Morgan fingerprint density at radius 2 is 1.68 bits per heavy atom. The first kappa shape index (κ1) is 17.4. The molecule has 1 aromatic carbocycles. The van der Waals surface area contributed by atoms with Crippen LogP contribution in [0, 0.1) is 0 Å². The summed E-state index contributed by atoms with van der Waals surface area (Å²) in [7, 11) is 1.69. The molecule has 0 amide bonds. The molecular formula is C13H17Br3O3. The maximum Gasteiger partial charge on any atom is 0.147 e. The van der Waals surface area contributed by atoms with Gasteiger partial charge in [0.25, 0.3) is 0 Å². The van der Waals surface area contributed by atoms with E-state index in [2.05, 4.69) is 47.8 Å². The summed E-state index contributed by atoms with van der Waals surface area (Å²) in [6.07, 6.45) is 0.907. The van der Waals surface area contributed by atoms with Crippen LogP contribution in [-0.4, -0.2) is 33.5 Å². The van der Waals surface area contributed by atoms with Crippen molar-refractivity contribution in [3.8, 4) is 5.75 Å². The van der Waals surface area contributed by atoms with Crippen molar-refractivity contribution in [1.82, 2.24) is 0 Å². The number of hydrogen-bond donors (Lipinski definition) is 0. The molecule has 1 aromatic rings. The van der Waals surface area contributed by atoms with E-state index in [9.17, 15) is 0 Å². The van der Waals surface area contributed by atoms with E-state index in [1.807, 2.05) is 12.1 Å². The van der Waals surface area contributed by atoms with Crippen LogP contribution in [0.4, 0.5) is 0 Å². The van der Waals surface area contributed by atoms with Gasteiger partial charge in [-0.1, -0.05) is 15.9 Å². The molecule has 0 aliphatic carbocycles. The summed E-state index contributed by atoms with van der Waals surface area (Å²) in [5.41, 5.74) is 1.18. The van der Waals surface area contributed by atoms with Crippen molar-refractivity contribution < 1.29 is 14.2 Å². The topological polar surface area (TPSA) is 27.7 Å². The Morgan fingerprint density at radius 3 is 2.26 bits per heavy atom. The molecule has 0 aromatic heterocycles. The van der Waals surface area contributed by atoms with Crippen LogP contribution in [-0.2, 0) is 14.8 Å². The second-order valence-electron chi connectivity index (χ2n) is 3.83. The molecule has 0 fully saturated rings. The molecule has 19 heavy (non-hydrogen) atoms. The first-order valence-electron chi connectivity index (χ1n) is 5.92. The van der Waals surface area contributed by atoms with Gasteiger partial charge in [-0.05, 0) is 56.0 Å². The lowest BCUT2D eigenvalue weighted by atomic mass is 10.2. The van der Waals surface area contributed by atoms with Gasteiger partial charge in [-0.3, -0.25) is 0 Å². The van der Waals surface area contributed by atoms with Gasteiger partial charge in [0.05, 0.1) is 15.6 Å².